The van der Waals surface area contributed by atoms with E-state index in [-0.39, 0.29) is 0 Å². The number of nitrogens with one attached hydrogen (secondary N) is 1. The standard InChI is InChI=1S/C27H41NO/c1-18(28-20-7-5-4-6-8-20)24-11-12-25-23-10-9-19-17-26(2,29)15-13-21(19)22(23)14-16-27(24,25)3/h4-8,18-19,21-25,28-29H,9-17H2,1-3H3/t18-,19?,21-,22+,23+,24+,25-,26+,27+/m0/s1. The maximum Gasteiger partial charge on any atom is 0.0622 e. The molecule has 4 aliphatic rings. The molecule has 0 radical (unpaired) electrons. The van der Waals surface area contributed by atoms with Crippen molar-refractivity contribution in [2.45, 2.75) is 90.2 Å². The highest BCUT2D eigenvalue weighted by atomic mass is 16.3. The van der Waals surface area contributed by atoms with Gasteiger partial charge in [0.05, 0.1) is 5.60 Å². The minimum Gasteiger partial charge on any atom is -0.390 e. The summed E-state index contributed by atoms with van der Waals surface area (Å²) in [5.74, 6) is 5.30. The molecule has 4 aliphatic carbocycles. The first-order valence-electron chi connectivity index (χ1n) is 12.4. The van der Waals surface area contributed by atoms with Gasteiger partial charge in [-0.1, -0.05) is 25.1 Å². The van der Waals surface area contributed by atoms with Crippen molar-refractivity contribution in [3.8, 4) is 0 Å². The zero-order valence-corrected chi connectivity index (χ0v) is 18.7. The summed E-state index contributed by atoms with van der Waals surface area (Å²) < 4.78 is 0. The lowest BCUT2D eigenvalue weighted by molar-refractivity contribution is -0.100. The van der Waals surface area contributed by atoms with Crippen molar-refractivity contribution in [3.05, 3.63) is 30.3 Å². The highest BCUT2D eigenvalue weighted by Crippen LogP contribution is 2.65. The van der Waals surface area contributed by atoms with E-state index in [1.165, 1.54) is 50.6 Å². The second kappa shape index (κ2) is 7.29. The molecule has 0 bridgehead atoms. The molecule has 1 unspecified atom stereocenters. The molecule has 0 amide bonds. The number of hydrogen-bond acceptors (Lipinski definition) is 2. The van der Waals surface area contributed by atoms with Crippen LogP contribution in [0.2, 0.25) is 0 Å². The van der Waals surface area contributed by atoms with Gasteiger partial charge in [-0.25, -0.2) is 0 Å². The Hall–Kier alpha value is -1.02. The zero-order chi connectivity index (χ0) is 20.2. The molecule has 2 N–H and O–H groups in total. The van der Waals surface area contributed by atoms with Crippen LogP contribution in [0, 0.1) is 40.9 Å². The largest absolute Gasteiger partial charge is 0.390 e. The van der Waals surface area contributed by atoms with Crippen LogP contribution in [-0.2, 0) is 0 Å². The molecular formula is C27H41NO. The third-order valence-electron chi connectivity index (χ3n) is 10.1. The Labute approximate surface area is 177 Å². The van der Waals surface area contributed by atoms with Crippen molar-refractivity contribution >= 4 is 5.69 Å². The first-order chi connectivity index (χ1) is 13.9. The molecule has 160 valence electrons. The second-order valence-corrected chi connectivity index (χ2v) is 11.7. The molecule has 0 aliphatic heterocycles. The van der Waals surface area contributed by atoms with Crippen LogP contribution in [0.1, 0.15) is 78.6 Å². The first kappa shape index (κ1) is 19.9. The lowest BCUT2D eigenvalue weighted by Gasteiger charge is -2.57. The van der Waals surface area contributed by atoms with Crippen LogP contribution in [0.3, 0.4) is 0 Å². The number of rotatable bonds is 3. The van der Waals surface area contributed by atoms with Gasteiger partial charge in [0, 0.05) is 11.7 Å². The van der Waals surface area contributed by atoms with Crippen LogP contribution < -0.4 is 5.32 Å². The van der Waals surface area contributed by atoms with Gasteiger partial charge in [0.15, 0.2) is 0 Å². The Morgan fingerprint density at radius 1 is 0.897 bits per heavy atom. The molecule has 29 heavy (non-hydrogen) atoms. The quantitative estimate of drug-likeness (QED) is 0.611. The molecule has 0 saturated heterocycles. The van der Waals surface area contributed by atoms with E-state index in [9.17, 15) is 5.11 Å². The minimum atomic E-state index is -0.395. The van der Waals surface area contributed by atoms with Gasteiger partial charge < -0.3 is 10.4 Å². The molecule has 9 atom stereocenters. The molecule has 2 nitrogen and oxygen atoms in total. The highest BCUT2D eigenvalue weighted by molar-refractivity contribution is 5.43. The summed E-state index contributed by atoms with van der Waals surface area (Å²) in [7, 11) is 0. The topological polar surface area (TPSA) is 32.3 Å². The first-order valence-corrected chi connectivity index (χ1v) is 12.4. The number of para-hydroxylation sites is 1. The smallest absolute Gasteiger partial charge is 0.0622 e. The van der Waals surface area contributed by atoms with Crippen molar-refractivity contribution < 1.29 is 5.11 Å². The van der Waals surface area contributed by atoms with Gasteiger partial charge in [-0.3, -0.25) is 0 Å². The fraction of sp³-hybridized carbons (Fsp3) is 0.778. The van der Waals surface area contributed by atoms with Crippen LogP contribution in [0.15, 0.2) is 30.3 Å². The Balaban J connectivity index is 1.31. The van der Waals surface area contributed by atoms with E-state index in [2.05, 4.69) is 56.4 Å². The van der Waals surface area contributed by atoms with Crippen molar-refractivity contribution in [3.63, 3.8) is 0 Å². The van der Waals surface area contributed by atoms with E-state index >= 15 is 0 Å². The molecule has 4 fully saturated rings. The van der Waals surface area contributed by atoms with Gasteiger partial charge in [0.2, 0.25) is 0 Å². The van der Waals surface area contributed by atoms with E-state index in [0.29, 0.717) is 11.5 Å². The van der Waals surface area contributed by atoms with E-state index in [1.807, 2.05) is 0 Å². The summed E-state index contributed by atoms with van der Waals surface area (Å²) in [6, 6.07) is 11.3. The third kappa shape index (κ3) is 3.44. The van der Waals surface area contributed by atoms with E-state index in [4.69, 9.17) is 0 Å². The molecule has 0 aromatic heterocycles. The normalized spacial score (nSPS) is 47.6. The second-order valence-electron chi connectivity index (χ2n) is 11.7. The van der Waals surface area contributed by atoms with Crippen molar-refractivity contribution in [2.24, 2.45) is 40.9 Å². The Kier molecular flexibility index (Phi) is 5.01. The molecule has 1 aromatic rings. The predicted octanol–water partition coefficient (Wildman–Crippen LogP) is 6.51. The van der Waals surface area contributed by atoms with Crippen LogP contribution in [0.4, 0.5) is 5.69 Å². The molecule has 2 heteroatoms. The summed E-state index contributed by atoms with van der Waals surface area (Å²) in [6.45, 7) is 7.15. The fourth-order valence-corrected chi connectivity index (χ4v) is 8.84. The average Bonchev–Trinajstić information content (AvgIpc) is 3.05. The Morgan fingerprint density at radius 2 is 1.66 bits per heavy atom. The number of hydrogen-bond donors (Lipinski definition) is 2. The summed E-state index contributed by atoms with van der Waals surface area (Å²) in [5.41, 5.74) is 1.39. The van der Waals surface area contributed by atoms with Gasteiger partial charge in [-0.05, 0) is 125 Å². The summed E-state index contributed by atoms with van der Waals surface area (Å²) >= 11 is 0. The zero-order valence-electron chi connectivity index (χ0n) is 18.7. The van der Waals surface area contributed by atoms with Crippen molar-refractivity contribution in [1.29, 1.82) is 0 Å². The lowest BCUT2D eigenvalue weighted by atomic mass is 9.49. The van der Waals surface area contributed by atoms with Gasteiger partial charge in [0.25, 0.3) is 0 Å². The van der Waals surface area contributed by atoms with Crippen molar-refractivity contribution in [2.75, 3.05) is 5.32 Å². The molecular weight excluding hydrogens is 354 g/mol. The molecule has 1 aromatic carbocycles. The molecule has 4 saturated carbocycles. The van der Waals surface area contributed by atoms with Gasteiger partial charge in [-0.2, -0.15) is 0 Å². The molecule has 5 rings (SSSR count). The average molecular weight is 396 g/mol. The van der Waals surface area contributed by atoms with E-state index in [1.54, 1.807) is 0 Å². The predicted molar refractivity (Wildman–Crippen MR) is 121 cm³/mol. The highest BCUT2D eigenvalue weighted by Gasteiger charge is 2.58. The van der Waals surface area contributed by atoms with Crippen LogP contribution in [-0.4, -0.2) is 16.7 Å². The van der Waals surface area contributed by atoms with Gasteiger partial charge in [0.1, 0.15) is 0 Å². The third-order valence-corrected chi connectivity index (χ3v) is 10.1. The summed E-state index contributed by atoms with van der Waals surface area (Å²) in [4.78, 5) is 0. The van der Waals surface area contributed by atoms with Gasteiger partial charge in [-0.15, -0.1) is 0 Å². The van der Waals surface area contributed by atoms with E-state index < -0.39 is 5.60 Å². The minimum absolute atomic E-state index is 0.395. The van der Waals surface area contributed by atoms with Crippen LogP contribution >= 0.6 is 0 Å². The van der Waals surface area contributed by atoms with Gasteiger partial charge >= 0.3 is 0 Å². The number of fused-ring (bicyclic) bond motifs is 5. The summed E-state index contributed by atoms with van der Waals surface area (Å²) in [6.07, 6.45) is 11.9. The maximum absolute atomic E-state index is 10.6. The number of benzene rings is 1. The maximum atomic E-state index is 10.6. The lowest BCUT2D eigenvalue weighted by Crippen LogP contribution is -2.51. The monoisotopic (exact) mass is 395 g/mol. The Morgan fingerprint density at radius 3 is 2.45 bits per heavy atom. The molecule has 0 heterocycles. The van der Waals surface area contributed by atoms with Crippen LogP contribution in [0.5, 0.6) is 0 Å². The summed E-state index contributed by atoms with van der Waals surface area (Å²) in [5, 5.41) is 14.5. The Bertz CT molecular complexity index is 715. The van der Waals surface area contributed by atoms with E-state index in [0.717, 1.165) is 48.3 Å². The van der Waals surface area contributed by atoms with Crippen LogP contribution in [0.25, 0.3) is 0 Å². The van der Waals surface area contributed by atoms with Crippen molar-refractivity contribution in [1.82, 2.24) is 0 Å². The number of aliphatic hydroxyl groups is 1. The molecule has 0 spiro atoms. The number of anilines is 1. The SMILES string of the molecule is C[C@H](Nc1ccccc1)[C@H]1CC[C@H]2[C@@H]3CCC4C[C@](C)(O)CC[C@@H]4[C@H]3CC[C@]12C. The fourth-order valence-electron chi connectivity index (χ4n) is 8.84.